The van der Waals surface area contributed by atoms with Crippen LogP contribution in [-0.2, 0) is 0 Å². The number of unbranched alkanes of at least 4 members (excludes halogenated alkanes) is 1. The Kier molecular flexibility index (Phi) is 3.45. The first-order valence-corrected chi connectivity index (χ1v) is 4.32. The number of hydrogen-bond donors (Lipinski definition) is 1. The van der Waals surface area contributed by atoms with Crippen LogP contribution in [0, 0.1) is 5.41 Å². The fourth-order valence-electron chi connectivity index (χ4n) is 1.04. The molecule has 1 rings (SSSR count). The van der Waals surface area contributed by atoms with Crippen LogP contribution < -0.4 is 0 Å². The van der Waals surface area contributed by atoms with Gasteiger partial charge in [-0.3, -0.25) is 4.98 Å². The Morgan fingerprint density at radius 3 is 3.00 bits per heavy atom. The van der Waals surface area contributed by atoms with Gasteiger partial charge < -0.3 is 5.41 Å². The van der Waals surface area contributed by atoms with Gasteiger partial charge in [-0.1, -0.05) is 19.4 Å². The number of nitrogens with zero attached hydrogens (tertiary/aromatic N) is 1. The molecule has 0 amide bonds. The molecule has 2 nitrogen and oxygen atoms in total. The molecule has 0 unspecified atom stereocenters. The molecule has 0 aliphatic carbocycles. The highest BCUT2D eigenvalue weighted by atomic mass is 14.6. The molecule has 0 aliphatic heterocycles. The summed E-state index contributed by atoms with van der Waals surface area (Å²) in [7, 11) is 0. The number of nitrogens with one attached hydrogen (secondary N) is 1. The maximum atomic E-state index is 7.69. The van der Waals surface area contributed by atoms with Crippen molar-refractivity contribution in [2.45, 2.75) is 26.2 Å². The van der Waals surface area contributed by atoms with E-state index in [0.29, 0.717) is 5.71 Å². The van der Waals surface area contributed by atoms with Crippen molar-refractivity contribution in [1.82, 2.24) is 4.98 Å². The highest BCUT2D eigenvalue weighted by Crippen LogP contribution is 2.04. The highest BCUT2D eigenvalue weighted by molar-refractivity contribution is 5.97. The number of aromatic nitrogens is 1. The minimum Gasteiger partial charge on any atom is -0.305 e. The van der Waals surface area contributed by atoms with Gasteiger partial charge in [0, 0.05) is 23.7 Å². The van der Waals surface area contributed by atoms with Crippen LogP contribution in [0.1, 0.15) is 31.7 Å². The van der Waals surface area contributed by atoms with Crippen LogP contribution in [0.25, 0.3) is 0 Å². The summed E-state index contributed by atoms with van der Waals surface area (Å²) >= 11 is 0. The molecule has 0 aliphatic rings. The third kappa shape index (κ3) is 2.46. The lowest BCUT2D eigenvalue weighted by molar-refractivity contribution is 0.832. The second-order valence-electron chi connectivity index (χ2n) is 2.82. The number of hydrogen-bond acceptors (Lipinski definition) is 2. The monoisotopic (exact) mass is 162 g/mol. The van der Waals surface area contributed by atoms with Crippen molar-refractivity contribution in [2.75, 3.05) is 0 Å². The minimum absolute atomic E-state index is 0.699. The first-order valence-electron chi connectivity index (χ1n) is 4.32. The zero-order chi connectivity index (χ0) is 8.81. The molecular weight excluding hydrogens is 148 g/mol. The topological polar surface area (TPSA) is 36.7 Å². The molecule has 0 radical (unpaired) electrons. The molecular formula is C10H14N2. The molecule has 0 atom stereocenters. The highest BCUT2D eigenvalue weighted by Gasteiger charge is 1.98. The van der Waals surface area contributed by atoms with E-state index in [1.54, 1.807) is 12.4 Å². The first kappa shape index (κ1) is 8.91. The zero-order valence-electron chi connectivity index (χ0n) is 7.38. The molecule has 0 saturated carbocycles. The molecule has 1 N–H and O–H groups in total. The maximum Gasteiger partial charge on any atom is 0.0401 e. The molecule has 0 bridgehead atoms. The zero-order valence-corrected chi connectivity index (χ0v) is 7.38. The SMILES string of the molecule is CCCCC(=N)c1cccnc1. The van der Waals surface area contributed by atoms with Gasteiger partial charge in [0.05, 0.1) is 0 Å². The maximum absolute atomic E-state index is 7.69. The Bertz CT molecular complexity index is 241. The van der Waals surface area contributed by atoms with Crippen molar-refractivity contribution >= 4 is 5.71 Å². The van der Waals surface area contributed by atoms with Crippen LogP contribution >= 0.6 is 0 Å². The van der Waals surface area contributed by atoms with E-state index in [-0.39, 0.29) is 0 Å². The van der Waals surface area contributed by atoms with Crippen molar-refractivity contribution in [3.05, 3.63) is 30.1 Å². The largest absolute Gasteiger partial charge is 0.305 e. The van der Waals surface area contributed by atoms with E-state index >= 15 is 0 Å². The Labute approximate surface area is 73.2 Å². The van der Waals surface area contributed by atoms with E-state index in [9.17, 15) is 0 Å². The Hall–Kier alpha value is -1.18. The lowest BCUT2D eigenvalue weighted by Crippen LogP contribution is -1.98. The third-order valence-electron chi connectivity index (χ3n) is 1.79. The van der Waals surface area contributed by atoms with Crippen LogP contribution in [0.3, 0.4) is 0 Å². The number of rotatable bonds is 4. The lowest BCUT2D eigenvalue weighted by Gasteiger charge is -2.00. The Balaban J connectivity index is 2.54. The molecule has 1 aromatic rings. The van der Waals surface area contributed by atoms with Crippen LogP contribution in [0.2, 0.25) is 0 Å². The van der Waals surface area contributed by atoms with Crippen LogP contribution in [0.5, 0.6) is 0 Å². The van der Waals surface area contributed by atoms with Gasteiger partial charge >= 0.3 is 0 Å². The molecule has 0 fully saturated rings. The van der Waals surface area contributed by atoms with E-state index < -0.39 is 0 Å². The van der Waals surface area contributed by atoms with Crippen molar-refractivity contribution in [1.29, 1.82) is 5.41 Å². The Morgan fingerprint density at radius 1 is 1.58 bits per heavy atom. The third-order valence-corrected chi connectivity index (χ3v) is 1.79. The van der Waals surface area contributed by atoms with Gasteiger partial charge in [-0.2, -0.15) is 0 Å². The number of pyridine rings is 1. The lowest BCUT2D eigenvalue weighted by atomic mass is 10.1. The van der Waals surface area contributed by atoms with E-state index in [1.807, 2.05) is 12.1 Å². The van der Waals surface area contributed by atoms with E-state index in [1.165, 1.54) is 0 Å². The standard InChI is InChI=1S/C10H14N2/c1-2-3-6-10(11)9-5-4-7-12-8-9/h4-5,7-8,11H,2-3,6H2,1H3. The van der Waals surface area contributed by atoms with Crippen LogP contribution in [0.4, 0.5) is 0 Å². The van der Waals surface area contributed by atoms with Crippen molar-refractivity contribution < 1.29 is 0 Å². The summed E-state index contributed by atoms with van der Waals surface area (Å²) in [6, 6.07) is 3.81. The summed E-state index contributed by atoms with van der Waals surface area (Å²) in [5.41, 5.74) is 1.65. The quantitative estimate of drug-likeness (QED) is 0.679. The van der Waals surface area contributed by atoms with Gasteiger partial charge in [-0.05, 0) is 18.9 Å². The molecule has 0 spiro atoms. The second-order valence-corrected chi connectivity index (χ2v) is 2.82. The fraction of sp³-hybridized carbons (Fsp3) is 0.400. The normalized spacial score (nSPS) is 9.75. The van der Waals surface area contributed by atoms with E-state index in [0.717, 1.165) is 24.8 Å². The summed E-state index contributed by atoms with van der Waals surface area (Å²) in [5.74, 6) is 0. The molecule has 12 heavy (non-hydrogen) atoms. The Morgan fingerprint density at radius 2 is 2.42 bits per heavy atom. The summed E-state index contributed by atoms with van der Waals surface area (Å²) in [5, 5.41) is 7.69. The fourth-order valence-corrected chi connectivity index (χ4v) is 1.04. The molecule has 1 aromatic heterocycles. The molecule has 0 saturated heterocycles. The summed E-state index contributed by atoms with van der Waals surface area (Å²) in [6.07, 6.45) is 6.58. The van der Waals surface area contributed by atoms with Crippen molar-refractivity contribution in [3.8, 4) is 0 Å². The van der Waals surface area contributed by atoms with Gasteiger partial charge in [0.1, 0.15) is 0 Å². The average molecular weight is 162 g/mol. The predicted octanol–water partition coefficient (Wildman–Crippen LogP) is 2.64. The van der Waals surface area contributed by atoms with Gasteiger partial charge in [0.15, 0.2) is 0 Å². The van der Waals surface area contributed by atoms with Crippen LogP contribution in [-0.4, -0.2) is 10.7 Å². The molecule has 64 valence electrons. The second kappa shape index (κ2) is 4.65. The van der Waals surface area contributed by atoms with E-state index in [4.69, 9.17) is 5.41 Å². The molecule has 1 heterocycles. The molecule has 2 heteroatoms. The minimum atomic E-state index is 0.699. The van der Waals surface area contributed by atoms with Crippen molar-refractivity contribution in [3.63, 3.8) is 0 Å². The first-order chi connectivity index (χ1) is 5.84. The van der Waals surface area contributed by atoms with Crippen LogP contribution in [0.15, 0.2) is 24.5 Å². The van der Waals surface area contributed by atoms with Crippen molar-refractivity contribution in [2.24, 2.45) is 0 Å². The van der Waals surface area contributed by atoms with Gasteiger partial charge in [-0.15, -0.1) is 0 Å². The van der Waals surface area contributed by atoms with Gasteiger partial charge in [-0.25, -0.2) is 0 Å². The van der Waals surface area contributed by atoms with Gasteiger partial charge in [0.2, 0.25) is 0 Å². The predicted molar refractivity (Wildman–Crippen MR) is 50.6 cm³/mol. The smallest absolute Gasteiger partial charge is 0.0401 e. The van der Waals surface area contributed by atoms with Gasteiger partial charge in [0.25, 0.3) is 0 Å². The average Bonchev–Trinajstić information content (AvgIpc) is 2.15. The molecule has 0 aromatic carbocycles. The summed E-state index contributed by atoms with van der Waals surface area (Å²) in [4.78, 5) is 3.97. The van der Waals surface area contributed by atoms with E-state index in [2.05, 4.69) is 11.9 Å². The summed E-state index contributed by atoms with van der Waals surface area (Å²) < 4.78 is 0. The summed E-state index contributed by atoms with van der Waals surface area (Å²) in [6.45, 7) is 2.14.